The summed E-state index contributed by atoms with van der Waals surface area (Å²) in [5.74, 6) is 0. The van der Waals surface area contributed by atoms with Crippen molar-refractivity contribution in [3.05, 3.63) is 0 Å². The third-order valence-electron chi connectivity index (χ3n) is 2.94. The van der Waals surface area contributed by atoms with Gasteiger partial charge in [-0.05, 0) is 38.6 Å². The molecule has 1 spiro atoms. The van der Waals surface area contributed by atoms with Gasteiger partial charge in [-0.3, -0.25) is 0 Å². The van der Waals surface area contributed by atoms with Gasteiger partial charge in [-0.1, -0.05) is 0 Å². The van der Waals surface area contributed by atoms with Gasteiger partial charge in [0.2, 0.25) is 0 Å². The van der Waals surface area contributed by atoms with Crippen molar-refractivity contribution < 1.29 is 4.74 Å². The van der Waals surface area contributed by atoms with Crippen LogP contribution in [0.15, 0.2) is 0 Å². The summed E-state index contributed by atoms with van der Waals surface area (Å²) in [7, 11) is 0. The van der Waals surface area contributed by atoms with Crippen molar-refractivity contribution in [3.8, 4) is 0 Å². The standard InChI is InChI=1S/C9H17NO/c1-3-9(4-1)5-2-6-10-7-8-11-9/h10H,1-8H2. The van der Waals surface area contributed by atoms with Crippen molar-refractivity contribution >= 4 is 0 Å². The van der Waals surface area contributed by atoms with E-state index in [9.17, 15) is 0 Å². The van der Waals surface area contributed by atoms with Gasteiger partial charge in [0.15, 0.2) is 0 Å². The summed E-state index contributed by atoms with van der Waals surface area (Å²) >= 11 is 0. The molecular weight excluding hydrogens is 138 g/mol. The first-order valence-corrected chi connectivity index (χ1v) is 4.76. The second-order valence-electron chi connectivity index (χ2n) is 3.74. The SMILES string of the molecule is C1CNCCOC2(C1)CCC2. The molecule has 64 valence electrons. The molecule has 1 N–H and O–H groups in total. The summed E-state index contributed by atoms with van der Waals surface area (Å²) in [5, 5.41) is 3.35. The molecule has 2 nitrogen and oxygen atoms in total. The lowest BCUT2D eigenvalue weighted by Gasteiger charge is -2.43. The molecule has 2 heteroatoms. The highest BCUT2D eigenvalue weighted by atomic mass is 16.5. The molecule has 0 amide bonds. The van der Waals surface area contributed by atoms with E-state index in [4.69, 9.17) is 4.74 Å². The zero-order valence-corrected chi connectivity index (χ0v) is 7.07. The first-order valence-electron chi connectivity index (χ1n) is 4.76. The number of hydrogen-bond acceptors (Lipinski definition) is 2. The van der Waals surface area contributed by atoms with Gasteiger partial charge in [0.05, 0.1) is 12.2 Å². The van der Waals surface area contributed by atoms with Crippen molar-refractivity contribution in [2.75, 3.05) is 19.7 Å². The molecule has 11 heavy (non-hydrogen) atoms. The topological polar surface area (TPSA) is 21.3 Å². The van der Waals surface area contributed by atoms with Crippen LogP contribution in [0.3, 0.4) is 0 Å². The quantitative estimate of drug-likeness (QED) is 0.569. The van der Waals surface area contributed by atoms with E-state index in [1.54, 1.807) is 0 Å². The molecule has 1 saturated carbocycles. The molecule has 1 saturated heterocycles. The summed E-state index contributed by atoms with van der Waals surface area (Å²) in [4.78, 5) is 0. The average molecular weight is 155 g/mol. The summed E-state index contributed by atoms with van der Waals surface area (Å²) in [6, 6.07) is 0. The second-order valence-corrected chi connectivity index (χ2v) is 3.74. The van der Waals surface area contributed by atoms with Crippen LogP contribution in [-0.4, -0.2) is 25.3 Å². The van der Waals surface area contributed by atoms with E-state index in [-0.39, 0.29) is 0 Å². The highest BCUT2D eigenvalue weighted by molar-refractivity contribution is 4.90. The number of nitrogens with one attached hydrogen (secondary N) is 1. The predicted molar refractivity (Wildman–Crippen MR) is 44.6 cm³/mol. The Morgan fingerprint density at radius 3 is 2.55 bits per heavy atom. The van der Waals surface area contributed by atoms with Crippen LogP contribution in [0.1, 0.15) is 32.1 Å². The minimum Gasteiger partial charge on any atom is -0.374 e. The van der Waals surface area contributed by atoms with Crippen LogP contribution in [-0.2, 0) is 4.74 Å². The molecule has 0 aromatic carbocycles. The van der Waals surface area contributed by atoms with Gasteiger partial charge in [-0.15, -0.1) is 0 Å². The summed E-state index contributed by atoms with van der Waals surface area (Å²) in [6.07, 6.45) is 6.58. The first-order chi connectivity index (χ1) is 5.41. The molecule has 1 aliphatic heterocycles. The lowest BCUT2D eigenvalue weighted by molar-refractivity contribution is -0.108. The highest BCUT2D eigenvalue weighted by Gasteiger charge is 2.37. The van der Waals surface area contributed by atoms with Gasteiger partial charge in [0.1, 0.15) is 0 Å². The Hall–Kier alpha value is -0.0800. The van der Waals surface area contributed by atoms with E-state index in [0.29, 0.717) is 5.60 Å². The van der Waals surface area contributed by atoms with E-state index in [1.165, 1.54) is 38.6 Å². The Labute approximate surface area is 68.3 Å². The van der Waals surface area contributed by atoms with E-state index >= 15 is 0 Å². The Bertz CT molecular complexity index is 122. The lowest BCUT2D eigenvalue weighted by atomic mass is 9.76. The van der Waals surface area contributed by atoms with E-state index in [1.807, 2.05) is 0 Å². The largest absolute Gasteiger partial charge is 0.374 e. The van der Waals surface area contributed by atoms with Gasteiger partial charge in [0.25, 0.3) is 0 Å². The Kier molecular flexibility index (Phi) is 2.14. The molecule has 0 atom stereocenters. The maximum absolute atomic E-state index is 5.84. The van der Waals surface area contributed by atoms with Gasteiger partial charge in [-0.2, -0.15) is 0 Å². The van der Waals surface area contributed by atoms with Crippen LogP contribution < -0.4 is 5.32 Å². The first kappa shape index (κ1) is 7.56. The average Bonchev–Trinajstić information content (AvgIpc) is 1.82. The molecule has 0 unspecified atom stereocenters. The normalized spacial score (nSPS) is 30.5. The van der Waals surface area contributed by atoms with Crippen molar-refractivity contribution in [1.29, 1.82) is 0 Å². The summed E-state index contributed by atoms with van der Waals surface area (Å²) in [5.41, 5.74) is 0.335. The third-order valence-corrected chi connectivity index (χ3v) is 2.94. The zero-order chi connectivity index (χ0) is 7.57. The van der Waals surface area contributed by atoms with Crippen LogP contribution in [0.25, 0.3) is 0 Å². The molecule has 2 aliphatic rings. The Balaban J connectivity index is 1.86. The molecule has 0 aromatic heterocycles. The number of hydrogen-bond donors (Lipinski definition) is 1. The Morgan fingerprint density at radius 2 is 1.82 bits per heavy atom. The van der Waals surface area contributed by atoms with Gasteiger partial charge in [-0.25, -0.2) is 0 Å². The maximum atomic E-state index is 5.84. The Morgan fingerprint density at radius 1 is 1.00 bits per heavy atom. The fourth-order valence-corrected chi connectivity index (χ4v) is 2.04. The number of ether oxygens (including phenoxy) is 1. The lowest BCUT2D eigenvalue weighted by Crippen LogP contribution is -2.44. The molecule has 1 heterocycles. The van der Waals surface area contributed by atoms with Crippen molar-refractivity contribution in [2.45, 2.75) is 37.7 Å². The van der Waals surface area contributed by atoms with Gasteiger partial charge >= 0.3 is 0 Å². The highest BCUT2D eigenvalue weighted by Crippen LogP contribution is 2.39. The molecule has 0 aromatic rings. The van der Waals surface area contributed by atoms with E-state index < -0.39 is 0 Å². The zero-order valence-electron chi connectivity index (χ0n) is 7.07. The smallest absolute Gasteiger partial charge is 0.0683 e. The summed E-state index contributed by atoms with van der Waals surface area (Å²) < 4.78 is 5.84. The molecule has 1 aliphatic carbocycles. The maximum Gasteiger partial charge on any atom is 0.0683 e. The third kappa shape index (κ3) is 1.57. The molecular formula is C9H17NO. The van der Waals surface area contributed by atoms with Crippen LogP contribution in [0.4, 0.5) is 0 Å². The van der Waals surface area contributed by atoms with Crippen LogP contribution >= 0.6 is 0 Å². The van der Waals surface area contributed by atoms with Gasteiger partial charge in [0, 0.05) is 6.54 Å². The van der Waals surface area contributed by atoms with Crippen molar-refractivity contribution in [1.82, 2.24) is 5.32 Å². The van der Waals surface area contributed by atoms with Crippen LogP contribution in [0.5, 0.6) is 0 Å². The van der Waals surface area contributed by atoms with Crippen LogP contribution in [0, 0.1) is 0 Å². The van der Waals surface area contributed by atoms with Crippen LogP contribution in [0.2, 0.25) is 0 Å². The summed E-state index contributed by atoms with van der Waals surface area (Å²) in [6.45, 7) is 3.15. The second kappa shape index (κ2) is 3.11. The van der Waals surface area contributed by atoms with E-state index in [0.717, 1.165) is 13.2 Å². The monoisotopic (exact) mass is 155 g/mol. The van der Waals surface area contributed by atoms with Crippen molar-refractivity contribution in [3.63, 3.8) is 0 Å². The fraction of sp³-hybridized carbons (Fsp3) is 1.00. The molecule has 0 radical (unpaired) electrons. The minimum atomic E-state index is 0.335. The minimum absolute atomic E-state index is 0.335. The van der Waals surface area contributed by atoms with E-state index in [2.05, 4.69) is 5.32 Å². The molecule has 2 fully saturated rings. The van der Waals surface area contributed by atoms with Crippen molar-refractivity contribution in [2.24, 2.45) is 0 Å². The molecule has 0 bridgehead atoms. The fourth-order valence-electron chi connectivity index (χ4n) is 2.04. The number of rotatable bonds is 0. The molecule has 2 rings (SSSR count). The van der Waals surface area contributed by atoms with Gasteiger partial charge < -0.3 is 10.1 Å². The predicted octanol–water partition coefficient (Wildman–Crippen LogP) is 1.31.